The van der Waals surface area contributed by atoms with E-state index in [0.29, 0.717) is 15.7 Å². The quantitative estimate of drug-likeness (QED) is 0.811. The molecule has 2 N–H and O–H groups in total. The Kier molecular flexibility index (Phi) is 5.12. The number of ether oxygens (including phenoxy) is 1. The highest BCUT2D eigenvalue weighted by Crippen LogP contribution is 2.49. The van der Waals surface area contributed by atoms with E-state index in [1.165, 1.54) is 0 Å². The van der Waals surface area contributed by atoms with Gasteiger partial charge in [-0.25, -0.2) is 0 Å². The number of hydrogen-bond acceptors (Lipinski definition) is 4. The van der Waals surface area contributed by atoms with Crippen LogP contribution in [0.5, 0.6) is 0 Å². The molecule has 1 aromatic carbocycles. The summed E-state index contributed by atoms with van der Waals surface area (Å²) < 4.78 is 6.21. The summed E-state index contributed by atoms with van der Waals surface area (Å²) in [4.78, 5) is 17.4. The van der Waals surface area contributed by atoms with Gasteiger partial charge < -0.3 is 15.4 Å². The molecule has 0 spiro atoms. The maximum atomic E-state index is 13.2. The molecule has 2 aliphatic heterocycles. The Labute approximate surface area is 168 Å². The second-order valence-corrected chi connectivity index (χ2v) is 7.98. The first kappa shape index (κ1) is 18.7. The molecule has 1 amide bonds. The second kappa shape index (κ2) is 7.40. The molecule has 7 heteroatoms. The first-order valence-electron chi connectivity index (χ1n) is 8.99. The van der Waals surface area contributed by atoms with Gasteiger partial charge in [0.1, 0.15) is 0 Å². The molecule has 0 radical (unpaired) electrons. The third-order valence-electron chi connectivity index (χ3n) is 5.52. The smallest absolute Gasteiger partial charge is 0.230 e. The number of likely N-dealkylation sites (N-methyl/N-ethyl adjacent to an activating group) is 1. The van der Waals surface area contributed by atoms with Crippen molar-refractivity contribution in [1.82, 2.24) is 10.3 Å². The lowest BCUT2D eigenvalue weighted by molar-refractivity contribution is -0.121. The van der Waals surface area contributed by atoms with Crippen LogP contribution in [0.1, 0.15) is 23.6 Å². The van der Waals surface area contributed by atoms with Crippen LogP contribution in [0, 0.1) is 12.8 Å². The second-order valence-electron chi connectivity index (χ2n) is 7.17. The monoisotopic (exact) mass is 405 g/mol. The minimum absolute atomic E-state index is 0.0225. The molecule has 27 heavy (non-hydrogen) atoms. The molecular formula is C20H21Cl2N3O2. The van der Waals surface area contributed by atoms with Crippen LogP contribution in [0.25, 0.3) is 0 Å². The number of halogens is 2. The lowest BCUT2D eigenvalue weighted by atomic mass is 9.73. The van der Waals surface area contributed by atoms with E-state index >= 15 is 0 Å². The number of carbonyl (C=O) groups is 1. The van der Waals surface area contributed by atoms with Crippen molar-refractivity contribution in [1.29, 1.82) is 0 Å². The number of amides is 1. The van der Waals surface area contributed by atoms with Crippen LogP contribution in [-0.2, 0) is 9.53 Å². The molecule has 2 aliphatic rings. The maximum absolute atomic E-state index is 13.2. The summed E-state index contributed by atoms with van der Waals surface area (Å²) in [6, 6.07) is 9.36. The fraction of sp³-hybridized carbons (Fsp3) is 0.400. The number of fused-ring (bicyclic) bond motifs is 2. The normalized spacial score (nSPS) is 29.1. The zero-order valence-electron chi connectivity index (χ0n) is 15.1. The summed E-state index contributed by atoms with van der Waals surface area (Å²) in [7, 11) is 1.94. The molecular weight excluding hydrogens is 385 g/mol. The fourth-order valence-corrected chi connectivity index (χ4v) is 4.62. The predicted molar refractivity (Wildman–Crippen MR) is 106 cm³/mol. The first-order valence-corrected chi connectivity index (χ1v) is 9.74. The van der Waals surface area contributed by atoms with E-state index in [2.05, 4.69) is 15.6 Å². The van der Waals surface area contributed by atoms with E-state index in [-0.39, 0.29) is 36.0 Å². The Morgan fingerprint density at radius 3 is 2.74 bits per heavy atom. The topological polar surface area (TPSA) is 63.2 Å². The van der Waals surface area contributed by atoms with Crippen LogP contribution in [0.2, 0.25) is 10.0 Å². The Morgan fingerprint density at radius 2 is 2.04 bits per heavy atom. The molecule has 4 rings (SSSR count). The van der Waals surface area contributed by atoms with E-state index in [0.717, 1.165) is 17.7 Å². The summed E-state index contributed by atoms with van der Waals surface area (Å²) in [5, 5.41) is 7.18. The average molecular weight is 406 g/mol. The molecule has 5 nitrogen and oxygen atoms in total. The van der Waals surface area contributed by atoms with Gasteiger partial charge in [-0.15, -0.1) is 0 Å². The molecule has 0 aliphatic carbocycles. The zero-order chi connectivity index (χ0) is 19.1. The van der Waals surface area contributed by atoms with Gasteiger partial charge in [-0.1, -0.05) is 23.2 Å². The summed E-state index contributed by atoms with van der Waals surface area (Å²) in [5.41, 5.74) is 2.65. The standard InChI is InChI=1S/C20H21Cl2N3O2/c1-10-7-11(5-6-24-10)17-18(16-9-15(23-2)19(17)27-16)20(26)25-12-3-4-13(21)14(22)8-12/h3-8,15-19,23H,9H2,1-2H3,(H,25,26)/t15-,16-,17-,18+,19+/m1/s1. The van der Waals surface area contributed by atoms with Gasteiger partial charge in [0.05, 0.1) is 28.2 Å². The van der Waals surface area contributed by atoms with E-state index in [1.807, 2.05) is 26.1 Å². The fourth-order valence-electron chi connectivity index (χ4n) is 4.32. The molecule has 2 saturated heterocycles. The molecule has 3 heterocycles. The highest BCUT2D eigenvalue weighted by Gasteiger charge is 2.56. The van der Waals surface area contributed by atoms with Gasteiger partial charge in [-0.05, 0) is 56.3 Å². The van der Waals surface area contributed by atoms with Crippen LogP contribution in [0.4, 0.5) is 5.69 Å². The van der Waals surface area contributed by atoms with E-state index in [1.54, 1.807) is 24.4 Å². The number of nitrogens with zero attached hydrogens (tertiary/aromatic N) is 1. The number of pyridine rings is 1. The number of rotatable bonds is 4. The summed E-state index contributed by atoms with van der Waals surface area (Å²) in [5.74, 6) is -0.351. The number of aryl methyl sites for hydroxylation is 1. The molecule has 0 unspecified atom stereocenters. The Bertz CT molecular complexity index is 876. The number of hydrogen-bond donors (Lipinski definition) is 2. The molecule has 2 aromatic rings. The van der Waals surface area contributed by atoms with Gasteiger partial charge in [-0.3, -0.25) is 9.78 Å². The van der Waals surface area contributed by atoms with Crippen LogP contribution in [0.3, 0.4) is 0 Å². The number of nitrogens with one attached hydrogen (secondary N) is 2. The number of benzene rings is 1. The van der Waals surface area contributed by atoms with E-state index in [9.17, 15) is 4.79 Å². The molecule has 2 fully saturated rings. The zero-order valence-corrected chi connectivity index (χ0v) is 16.6. The molecule has 0 saturated carbocycles. The Balaban J connectivity index is 1.63. The lowest BCUT2D eigenvalue weighted by Gasteiger charge is -2.32. The van der Waals surface area contributed by atoms with Crippen molar-refractivity contribution in [2.45, 2.75) is 37.5 Å². The number of aromatic nitrogens is 1. The van der Waals surface area contributed by atoms with Crippen LogP contribution < -0.4 is 10.6 Å². The minimum atomic E-state index is -0.268. The Morgan fingerprint density at radius 1 is 1.22 bits per heavy atom. The molecule has 1 aromatic heterocycles. The summed E-state index contributed by atoms with van der Waals surface area (Å²) >= 11 is 12.0. The molecule has 2 bridgehead atoms. The van der Waals surface area contributed by atoms with Crippen molar-refractivity contribution >= 4 is 34.8 Å². The largest absolute Gasteiger partial charge is 0.372 e. The van der Waals surface area contributed by atoms with Gasteiger partial charge in [0.15, 0.2) is 0 Å². The van der Waals surface area contributed by atoms with Gasteiger partial charge in [0, 0.05) is 29.5 Å². The van der Waals surface area contributed by atoms with Crippen molar-refractivity contribution in [2.75, 3.05) is 12.4 Å². The Hall–Kier alpha value is -1.66. The van der Waals surface area contributed by atoms with E-state index in [4.69, 9.17) is 27.9 Å². The van der Waals surface area contributed by atoms with Crippen LogP contribution >= 0.6 is 23.2 Å². The van der Waals surface area contributed by atoms with Crippen molar-refractivity contribution in [3.05, 3.63) is 57.8 Å². The minimum Gasteiger partial charge on any atom is -0.372 e. The third kappa shape index (κ3) is 3.45. The average Bonchev–Trinajstić information content (AvgIpc) is 3.22. The SMILES string of the molecule is CN[C@@H]1C[C@H]2O[C@@H]1[C@H](c1ccnc(C)c1)[C@H]2C(=O)Nc1ccc(Cl)c(Cl)c1. The van der Waals surface area contributed by atoms with Gasteiger partial charge >= 0.3 is 0 Å². The van der Waals surface area contributed by atoms with Crippen molar-refractivity contribution < 1.29 is 9.53 Å². The highest BCUT2D eigenvalue weighted by molar-refractivity contribution is 6.42. The van der Waals surface area contributed by atoms with Gasteiger partial charge in [0.2, 0.25) is 5.91 Å². The number of anilines is 1. The first-order chi connectivity index (χ1) is 13.0. The summed E-state index contributed by atoms with van der Waals surface area (Å²) in [6.45, 7) is 1.96. The summed E-state index contributed by atoms with van der Waals surface area (Å²) in [6.07, 6.45) is 2.46. The lowest BCUT2D eigenvalue weighted by Crippen LogP contribution is -2.45. The third-order valence-corrected chi connectivity index (χ3v) is 6.26. The van der Waals surface area contributed by atoms with Gasteiger partial charge in [-0.2, -0.15) is 0 Å². The van der Waals surface area contributed by atoms with Gasteiger partial charge in [0.25, 0.3) is 0 Å². The molecule has 142 valence electrons. The van der Waals surface area contributed by atoms with Crippen LogP contribution in [0.15, 0.2) is 36.5 Å². The van der Waals surface area contributed by atoms with Crippen molar-refractivity contribution in [2.24, 2.45) is 5.92 Å². The van der Waals surface area contributed by atoms with Crippen molar-refractivity contribution in [3.63, 3.8) is 0 Å². The van der Waals surface area contributed by atoms with E-state index < -0.39 is 0 Å². The maximum Gasteiger partial charge on any atom is 0.230 e. The highest BCUT2D eigenvalue weighted by atomic mass is 35.5. The molecule has 5 atom stereocenters. The number of carbonyl (C=O) groups excluding carboxylic acids is 1. The van der Waals surface area contributed by atoms with Crippen LogP contribution in [-0.4, -0.2) is 36.2 Å². The predicted octanol–water partition coefficient (Wildman–Crippen LogP) is 3.79. The van der Waals surface area contributed by atoms with Crippen molar-refractivity contribution in [3.8, 4) is 0 Å².